The molecule has 1 aromatic carbocycles. The van der Waals surface area contributed by atoms with Gasteiger partial charge in [0.1, 0.15) is 11.2 Å². The standard InChI is InChI=1S/C15H12N4O2/c1-9-15(13(20)19-18-9)12(14(15,7-16)8-17)10-3-5-11(21-2)6-4-10/h3-6,12H,1-2H3,(H,19,20). The second kappa shape index (κ2) is 4.07. The summed E-state index contributed by atoms with van der Waals surface area (Å²) < 4.78 is 5.10. The van der Waals surface area contributed by atoms with Gasteiger partial charge in [-0.2, -0.15) is 15.6 Å². The quantitative estimate of drug-likeness (QED) is 0.883. The number of carbonyl (C=O) groups excluding carboxylic acids is 1. The van der Waals surface area contributed by atoms with E-state index >= 15 is 0 Å². The molecule has 0 saturated heterocycles. The maximum atomic E-state index is 12.3. The molecule has 1 fully saturated rings. The average Bonchev–Trinajstić information content (AvgIpc) is 3.06. The number of nitrogens with one attached hydrogen (secondary N) is 1. The Kier molecular flexibility index (Phi) is 2.54. The number of nitrogens with zero attached hydrogens (tertiary/aromatic N) is 3. The van der Waals surface area contributed by atoms with E-state index in [0.29, 0.717) is 11.5 Å². The van der Waals surface area contributed by atoms with E-state index < -0.39 is 16.7 Å². The number of rotatable bonds is 2. The smallest absolute Gasteiger partial charge is 0.255 e. The van der Waals surface area contributed by atoms with E-state index in [2.05, 4.69) is 10.5 Å². The van der Waals surface area contributed by atoms with Crippen LogP contribution < -0.4 is 10.2 Å². The lowest BCUT2D eigenvalue weighted by molar-refractivity contribution is -0.123. The van der Waals surface area contributed by atoms with Crippen molar-refractivity contribution in [3.05, 3.63) is 29.8 Å². The van der Waals surface area contributed by atoms with Gasteiger partial charge in [0.2, 0.25) is 0 Å². The van der Waals surface area contributed by atoms with Crippen LogP contribution in [-0.2, 0) is 4.79 Å². The van der Waals surface area contributed by atoms with E-state index in [0.717, 1.165) is 5.56 Å². The second-order valence-electron chi connectivity index (χ2n) is 5.18. The van der Waals surface area contributed by atoms with Crippen LogP contribution in [0.25, 0.3) is 0 Å². The van der Waals surface area contributed by atoms with Crippen LogP contribution in [0.2, 0.25) is 0 Å². The molecule has 2 atom stereocenters. The molecule has 21 heavy (non-hydrogen) atoms. The SMILES string of the molecule is COc1ccc(C2C(C#N)(C#N)C23C(=O)NN=C3C)cc1. The molecule has 2 aliphatic rings. The van der Waals surface area contributed by atoms with Crippen LogP contribution in [0.1, 0.15) is 18.4 Å². The first-order valence-corrected chi connectivity index (χ1v) is 6.40. The molecule has 1 spiro atoms. The zero-order valence-corrected chi connectivity index (χ0v) is 11.5. The predicted octanol–water partition coefficient (Wildman–Crippen LogP) is 1.32. The Balaban J connectivity index is 2.14. The van der Waals surface area contributed by atoms with E-state index in [1.165, 1.54) is 0 Å². The van der Waals surface area contributed by atoms with Crippen molar-refractivity contribution in [2.24, 2.45) is 15.9 Å². The van der Waals surface area contributed by atoms with Gasteiger partial charge in [0.05, 0.1) is 25.0 Å². The van der Waals surface area contributed by atoms with E-state index in [4.69, 9.17) is 4.74 Å². The molecule has 1 aromatic rings. The van der Waals surface area contributed by atoms with Gasteiger partial charge in [-0.25, -0.2) is 5.43 Å². The summed E-state index contributed by atoms with van der Waals surface area (Å²) in [6.07, 6.45) is 0. The summed E-state index contributed by atoms with van der Waals surface area (Å²) in [5.74, 6) is -0.227. The predicted molar refractivity (Wildman–Crippen MR) is 73.1 cm³/mol. The zero-order valence-electron chi connectivity index (χ0n) is 11.5. The Morgan fingerprint density at radius 2 is 1.90 bits per heavy atom. The van der Waals surface area contributed by atoms with Crippen molar-refractivity contribution in [3.63, 3.8) is 0 Å². The Morgan fingerprint density at radius 3 is 2.33 bits per heavy atom. The maximum Gasteiger partial charge on any atom is 0.255 e. The molecule has 1 aliphatic carbocycles. The molecule has 6 nitrogen and oxygen atoms in total. The van der Waals surface area contributed by atoms with Crippen LogP contribution in [0.4, 0.5) is 0 Å². The van der Waals surface area contributed by atoms with Gasteiger partial charge in [-0.3, -0.25) is 4.79 Å². The van der Waals surface area contributed by atoms with Crippen molar-refractivity contribution in [1.29, 1.82) is 10.5 Å². The lowest BCUT2D eigenvalue weighted by Crippen LogP contribution is -2.29. The normalized spacial score (nSPS) is 28.3. The summed E-state index contributed by atoms with van der Waals surface area (Å²) in [5, 5.41) is 23.0. The van der Waals surface area contributed by atoms with E-state index in [-0.39, 0.29) is 5.91 Å². The molecule has 3 rings (SSSR count). The van der Waals surface area contributed by atoms with Crippen LogP contribution in [0.3, 0.4) is 0 Å². The average molecular weight is 280 g/mol. The Labute approximate surface area is 121 Å². The number of nitriles is 2. The van der Waals surface area contributed by atoms with Crippen LogP contribution >= 0.6 is 0 Å². The lowest BCUT2D eigenvalue weighted by atomic mass is 9.90. The van der Waals surface area contributed by atoms with Gasteiger partial charge in [0.25, 0.3) is 5.91 Å². The molecular formula is C15H12N4O2. The summed E-state index contributed by atoms with van der Waals surface area (Å²) >= 11 is 0. The Morgan fingerprint density at radius 1 is 1.29 bits per heavy atom. The van der Waals surface area contributed by atoms with E-state index in [1.807, 2.05) is 12.1 Å². The molecule has 0 radical (unpaired) electrons. The van der Waals surface area contributed by atoms with Crippen molar-refractivity contribution >= 4 is 11.6 Å². The number of ether oxygens (including phenoxy) is 1. The molecule has 6 heteroatoms. The number of carbonyl (C=O) groups is 1. The maximum absolute atomic E-state index is 12.3. The molecule has 1 N–H and O–H groups in total. The molecule has 1 amide bonds. The fraction of sp³-hybridized carbons (Fsp3) is 0.333. The van der Waals surface area contributed by atoms with Gasteiger partial charge in [-0.1, -0.05) is 12.1 Å². The van der Waals surface area contributed by atoms with Crippen molar-refractivity contribution in [1.82, 2.24) is 5.43 Å². The van der Waals surface area contributed by atoms with Crippen molar-refractivity contribution in [2.45, 2.75) is 12.8 Å². The van der Waals surface area contributed by atoms with Crippen LogP contribution in [0.5, 0.6) is 5.75 Å². The first-order chi connectivity index (χ1) is 10.1. The highest BCUT2D eigenvalue weighted by molar-refractivity contribution is 6.18. The second-order valence-corrected chi connectivity index (χ2v) is 5.18. The lowest BCUT2D eigenvalue weighted by Gasteiger charge is -2.07. The van der Waals surface area contributed by atoms with Gasteiger partial charge in [-0.05, 0) is 24.6 Å². The number of hydrogen-bond donors (Lipinski definition) is 1. The largest absolute Gasteiger partial charge is 0.497 e. The molecular weight excluding hydrogens is 268 g/mol. The first kappa shape index (κ1) is 13.1. The zero-order chi connectivity index (χ0) is 15.3. The summed E-state index contributed by atoms with van der Waals surface area (Å²) in [6.45, 7) is 1.67. The van der Waals surface area contributed by atoms with Gasteiger partial charge < -0.3 is 4.74 Å². The first-order valence-electron chi connectivity index (χ1n) is 6.40. The summed E-state index contributed by atoms with van der Waals surface area (Å²) in [4.78, 5) is 12.3. The van der Waals surface area contributed by atoms with Crippen LogP contribution in [0.15, 0.2) is 29.4 Å². The topological polar surface area (TPSA) is 98.3 Å². The highest BCUT2D eigenvalue weighted by Crippen LogP contribution is 2.75. The fourth-order valence-electron chi connectivity index (χ4n) is 3.38. The molecule has 2 unspecified atom stereocenters. The van der Waals surface area contributed by atoms with Gasteiger partial charge in [0, 0.05) is 5.92 Å². The molecule has 1 heterocycles. The minimum absolute atomic E-state index is 0.385. The number of benzene rings is 1. The summed E-state index contributed by atoms with van der Waals surface area (Å²) in [6, 6.07) is 11.1. The number of hydrazone groups is 1. The van der Waals surface area contributed by atoms with Gasteiger partial charge >= 0.3 is 0 Å². The van der Waals surface area contributed by atoms with Crippen molar-refractivity contribution in [3.8, 4) is 17.9 Å². The van der Waals surface area contributed by atoms with E-state index in [1.54, 1.807) is 38.3 Å². The van der Waals surface area contributed by atoms with E-state index in [9.17, 15) is 15.3 Å². The Bertz CT molecular complexity index is 724. The van der Waals surface area contributed by atoms with Crippen LogP contribution in [0, 0.1) is 33.5 Å². The number of amides is 1. The number of hydrogen-bond acceptors (Lipinski definition) is 5. The molecule has 0 aromatic heterocycles. The highest BCUT2D eigenvalue weighted by Gasteiger charge is 2.86. The minimum Gasteiger partial charge on any atom is -0.497 e. The fourth-order valence-corrected chi connectivity index (χ4v) is 3.38. The third kappa shape index (κ3) is 1.29. The van der Waals surface area contributed by atoms with Crippen LogP contribution in [-0.4, -0.2) is 18.7 Å². The Hall–Kier alpha value is -2.86. The highest BCUT2D eigenvalue weighted by atomic mass is 16.5. The van der Waals surface area contributed by atoms with Gasteiger partial charge in [-0.15, -0.1) is 0 Å². The van der Waals surface area contributed by atoms with Crippen molar-refractivity contribution in [2.75, 3.05) is 7.11 Å². The summed E-state index contributed by atoms with van der Waals surface area (Å²) in [7, 11) is 1.56. The molecule has 1 saturated carbocycles. The molecule has 1 aliphatic heterocycles. The minimum atomic E-state index is -1.41. The number of methoxy groups -OCH3 is 1. The third-order valence-electron chi connectivity index (χ3n) is 4.46. The molecule has 0 bridgehead atoms. The monoisotopic (exact) mass is 280 g/mol. The summed E-state index contributed by atoms with van der Waals surface area (Å²) in [5.41, 5.74) is 1.05. The molecule has 104 valence electrons. The van der Waals surface area contributed by atoms with Crippen molar-refractivity contribution < 1.29 is 9.53 Å². The third-order valence-corrected chi connectivity index (χ3v) is 4.46. The van der Waals surface area contributed by atoms with Gasteiger partial charge in [0.15, 0.2) is 5.41 Å².